The minimum absolute atomic E-state index is 0.157. The normalized spacial score (nSPS) is 11.1. The van der Waals surface area contributed by atoms with Crippen molar-refractivity contribution in [2.45, 2.75) is 20.8 Å². The van der Waals surface area contributed by atoms with Gasteiger partial charge in [-0.1, -0.05) is 48.5 Å². The van der Waals surface area contributed by atoms with Crippen LogP contribution in [0.5, 0.6) is 5.88 Å². The molecule has 5 rings (SSSR count). The molecule has 2 aromatic heterocycles. The molecule has 0 atom stereocenters. The van der Waals surface area contributed by atoms with E-state index < -0.39 is 17.0 Å². The molecule has 9 heteroatoms. The lowest BCUT2D eigenvalue weighted by Crippen LogP contribution is -2.38. The van der Waals surface area contributed by atoms with Crippen molar-refractivity contribution in [2.75, 3.05) is 6.61 Å². The molecular weight excluding hydrogens is 508 g/mol. The fraction of sp³-hybridized carbons (Fsp3) is 0.194. The van der Waals surface area contributed by atoms with Gasteiger partial charge in [-0.15, -0.1) is 0 Å². The first-order chi connectivity index (χ1) is 19.1. The topological polar surface area (TPSA) is 105 Å². The van der Waals surface area contributed by atoms with E-state index in [9.17, 15) is 19.2 Å². The molecule has 3 aromatic carbocycles. The minimum Gasteiger partial charge on any atom is -0.469 e. The van der Waals surface area contributed by atoms with Crippen molar-refractivity contribution in [3.8, 4) is 11.6 Å². The van der Waals surface area contributed by atoms with Crippen LogP contribution in [0.1, 0.15) is 43.1 Å². The summed E-state index contributed by atoms with van der Waals surface area (Å²) >= 11 is 0. The zero-order valence-electron chi connectivity index (χ0n) is 22.9. The Labute approximate surface area is 229 Å². The van der Waals surface area contributed by atoms with Crippen LogP contribution in [-0.2, 0) is 14.1 Å². The van der Waals surface area contributed by atoms with Gasteiger partial charge < -0.3 is 4.74 Å². The molecule has 9 nitrogen and oxygen atoms in total. The molecule has 2 heterocycles. The third kappa shape index (κ3) is 4.35. The predicted molar refractivity (Wildman–Crippen MR) is 152 cm³/mol. The number of rotatable bonds is 7. The minimum atomic E-state index is -0.507. The number of aryl methyl sites for hydroxylation is 5. The van der Waals surface area contributed by atoms with E-state index >= 15 is 0 Å². The van der Waals surface area contributed by atoms with E-state index in [-0.39, 0.29) is 34.8 Å². The van der Waals surface area contributed by atoms with E-state index in [1.165, 1.54) is 9.25 Å². The lowest BCUT2D eigenvalue weighted by Gasteiger charge is -2.15. The summed E-state index contributed by atoms with van der Waals surface area (Å²) in [5.41, 5.74) is 2.50. The van der Waals surface area contributed by atoms with Crippen LogP contribution in [0.3, 0.4) is 0 Å². The second-order valence-corrected chi connectivity index (χ2v) is 9.70. The number of ketones is 2. The summed E-state index contributed by atoms with van der Waals surface area (Å²) < 4.78 is 9.81. The molecule has 0 aliphatic carbocycles. The van der Waals surface area contributed by atoms with Crippen molar-refractivity contribution in [3.05, 3.63) is 121 Å². The Balaban J connectivity index is 1.61. The van der Waals surface area contributed by atoms with E-state index in [2.05, 4.69) is 5.10 Å². The van der Waals surface area contributed by atoms with Crippen molar-refractivity contribution in [2.24, 2.45) is 14.1 Å². The van der Waals surface area contributed by atoms with Gasteiger partial charge in [0.1, 0.15) is 5.56 Å². The Morgan fingerprint density at radius 2 is 1.55 bits per heavy atom. The maximum atomic E-state index is 14.0. The molecule has 0 aliphatic heterocycles. The molecule has 0 bridgehead atoms. The number of aromatic nitrogens is 4. The molecule has 0 saturated heterocycles. The molecule has 40 heavy (non-hydrogen) atoms. The maximum Gasteiger partial charge on any atom is 0.335 e. The smallest absolute Gasteiger partial charge is 0.335 e. The Morgan fingerprint density at radius 1 is 0.875 bits per heavy atom. The number of hydrogen-bond acceptors (Lipinski definition) is 6. The van der Waals surface area contributed by atoms with E-state index in [4.69, 9.17) is 4.74 Å². The Hall–Kier alpha value is -5.05. The average molecular weight is 537 g/mol. The maximum absolute atomic E-state index is 14.0. The van der Waals surface area contributed by atoms with Crippen LogP contribution in [0.2, 0.25) is 0 Å². The van der Waals surface area contributed by atoms with Crippen LogP contribution in [0.15, 0.2) is 76.3 Å². The predicted octanol–water partition coefficient (Wildman–Crippen LogP) is 3.84. The van der Waals surface area contributed by atoms with Gasteiger partial charge in [-0.05, 0) is 50.1 Å². The fourth-order valence-corrected chi connectivity index (χ4v) is 5.01. The molecular formula is C31H28N4O5. The van der Waals surface area contributed by atoms with Gasteiger partial charge in [0, 0.05) is 25.2 Å². The molecule has 0 saturated carbocycles. The Kier molecular flexibility index (Phi) is 6.81. The quantitative estimate of drug-likeness (QED) is 0.293. The van der Waals surface area contributed by atoms with Crippen LogP contribution in [0.4, 0.5) is 0 Å². The van der Waals surface area contributed by atoms with Gasteiger partial charge in [0.25, 0.3) is 5.56 Å². The SMILES string of the molecule is Cc1ccccc1-n1c(=O)c2c(C)c(C(=O)c3c(C)nn(C)c3OCC(=O)c3ccccc3)ccc2n(C)c1=O. The largest absolute Gasteiger partial charge is 0.469 e. The second kappa shape index (κ2) is 10.3. The number of ether oxygens (including phenoxy) is 1. The zero-order valence-corrected chi connectivity index (χ0v) is 22.9. The van der Waals surface area contributed by atoms with Gasteiger partial charge in [-0.25, -0.2) is 14.0 Å². The summed E-state index contributed by atoms with van der Waals surface area (Å²) in [6.07, 6.45) is 0. The van der Waals surface area contributed by atoms with Crippen LogP contribution in [0.25, 0.3) is 16.6 Å². The molecule has 0 radical (unpaired) electrons. The van der Waals surface area contributed by atoms with Crippen LogP contribution >= 0.6 is 0 Å². The molecule has 0 aliphatic rings. The first-order valence-electron chi connectivity index (χ1n) is 12.7. The summed E-state index contributed by atoms with van der Waals surface area (Å²) in [4.78, 5) is 53.6. The van der Waals surface area contributed by atoms with E-state index in [1.807, 2.05) is 25.1 Å². The van der Waals surface area contributed by atoms with Gasteiger partial charge >= 0.3 is 5.69 Å². The highest BCUT2D eigenvalue weighted by Crippen LogP contribution is 2.28. The number of para-hydroxylation sites is 1. The summed E-state index contributed by atoms with van der Waals surface area (Å²) in [6.45, 7) is 4.93. The van der Waals surface area contributed by atoms with Crippen molar-refractivity contribution in [1.82, 2.24) is 18.9 Å². The van der Waals surface area contributed by atoms with Crippen LogP contribution in [0, 0.1) is 20.8 Å². The summed E-state index contributed by atoms with van der Waals surface area (Å²) in [7, 11) is 3.23. The number of fused-ring (bicyclic) bond motifs is 1. The number of hydrogen-bond donors (Lipinski definition) is 0. The number of benzene rings is 3. The highest BCUT2D eigenvalue weighted by molar-refractivity contribution is 6.14. The molecule has 202 valence electrons. The molecule has 0 N–H and O–H groups in total. The third-order valence-corrected chi connectivity index (χ3v) is 7.13. The van der Waals surface area contributed by atoms with E-state index in [0.29, 0.717) is 28.0 Å². The Morgan fingerprint density at radius 3 is 2.25 bits per heavy atom. The van der Waals surface area contributed by atoms with Crippen molar-refractivity contribution in [3.63, 3.8) is 0 Å². The van der Waals surface area contributed by atoms with Crippen molar-refractivity contribution >= 4 is 22.5 Å². The summed E-state index contributed by atoms with van der Waals surface area (Å²) in [5.74, 6) is -0.482. The number of carbonyl (C=O) groups excluding carboxylic acids is 2. The van der Waals surface area contributed by atoms with Crippen molar-refractivity contribution < 1.29 is 14.3 Å². The lowest BCUT2D eigenvalue weighted by atomic mass is 9.96. The summed E-state index contributed by atoms with van der Waals surface area (Å²) in [5, 5.41) is 4.62. The van der Waals surface area contributed by atoms with Crippen molar-refractivity contribution in [1.29, 1.82) is 0 Å². The molecule has 0 spiro atoms. The molecule has 0 unspecified atom stereocenters. The first kappa shape index (κ1) is 26.6. The average Bonchev–Trinajstić information content (AvgIpc) is 3.23. The number of Topliss-reactive ketones (excluding diaryl/α,β-unsaturated/α-hetero) is 1. The highest BCUT2D eigenvalue weighted by atomic mass is 16.5. The van der Waals surface area contributed by atoms with Crippen LogP contribution < -0.4 is 16.0 Å². The number of nitrogens with zero attached hydrogens (tertiary/aromatic N) is 4. The molecule has 0 fully saturated rings. The van der Waals surface area contributed by atoms with Gasteiger partial charge in [0.05, 0.1) is 22.3 Å². The zero-order chi connectivity index (χ0) is 28.7. The third-order valence-electron chi connectivity index (χ3n) is 7.13. The molecule has 0 amide bonds. The number of carbonyl (C=O) groups is 2. The van der Waals surface area contributed by atoms with E-state index in [0.717, 1.165) is 10.1 Å². The van der Waals surface area contributed by atoms with Gasteiger partial charge in [0.15, 0.2) is 12.4 Å². The molecule has 5 aromatic rings. The van der Waals surface area contributed by atoms with Gasteiger partial charge in [0.2, 0.25) is 11.7 Å². The highest BCUT2D eigenvalue weighted by Gasteiger charge is 2.27. The van der Waals surface area contributed by atoms with Crippen LogP contribution in [-0.4, -0.2) is 37.1 Å². The van der Waals surface area contributed by atoms with Gasteiger partial charge in [-0.3, -0.25) is 19.0 Å². The van der Waals surface area contributed by atoms with Gasteiger partial charge in [-0.2, -0.15) is 5.10 Å². The lowest BCUT2D eigenvalue weighted by molar-refractivity contribution is 0.0908. The fourth-order valence-electron chi connectivity index (χ4n) is 5.01. The Bertz CT molecular complexity index is 1930. The second-order valence-electron chi connectivity index (χ2n) is 9.70. The standard InChI is InChI=1S/C31H28N4O5/c1-18-11-9-10-14-23(18)35-29(38)26-19(2)22(15-16-24(26)33(4)31(35)39)28(37)27-20(3)32-34(5)30(27)40-17-25(36)21-12-7-6-8-13-21/h6-16H,17H2,1-5H3. The summed E-state index contributed by atoms with van der Waals surface area (Å²) in [6, 6.07) is 19.1. The monoisotopic (exact) mass is 536 g/mol. The first-order valence-corrected chi connectivity index (χ1v) is 12.7. The van der Waals surface area contributed by atoms with E-state index in [1.54, 1.807) is 76.5 Å².